The van der Waals surface area contributed by atoms with Crippen molar-refractivity contribution in [3.8, 4) is 0 Å². The van der Waals surface area contributed by atoms with Gasteiger partial charge >= 0.3 is 0 Å². The first-order valence-corrected chi connectivity index (χ1v) is 4.20. The van der Waals surface area contributed by atoms with Crippen LogP contribution in [-0.4, -0.2) is 15.3 Å². The minimum absolute atomic E-state index is 0. The van der Waals surface area contributed by atoms with Crippen LogP contribution in [0, 0.1) is 0 Å². The molecule has 12 heavy (non-hydrogen) atoms. The fourth-order valence-corrected chi connectivity index (χ4v) is 0. The standard InChI is InChI=1S/C3H6O.C2H6Si.3CH4.Re.Rf/c1-3(2)4;1-3-2;;;;;/h1-2H3;1-2H3;3*1H4;;. The Hall–Kier alpha value is -0.451. The predicted octanol–water partition coefficient (Wildman–Crippen LogP) is 3.29. The zero-order valence-corrected chi connectivity index (χ0v) is 16.6. The number of ketones is 1. The van der Waals surface area contributed by atoms with Crippen LogP contribution in [0.25, 0.3) is 0 Å². The molecule has 0 aliphatic heterocycles. The molecule has 0 fully saturated rings. The van der Waals surface area contributed by atoms with E-state index in [1.165, 1.54) is 13.8 Å². The summed E-state index contributed by atoms with van der Waals surface area (Å²) in [7, 11) is 1.08. The summed E-state index contributed by atoms with van der Waals surface area (Å²) in [5, 5.41) is 0. The molecule has 0 amide bonds. The summed E-state index contributed by atoms with van der Waals surface area (Å²) in [6, 6.07) is 0. The predicted molar refractivity (Wildman–Crippen MR) is 54.0 cm³/mol. The van der Waals surface area contributed by atoms with E-state index >= 15 is 0 Å². The Bertz CT molecular complexity index is 50.3. The van der Waals surface area contributed by atoms with Gasteiger partial charge in [0.15, 0.2) is 0 Å². The monoisotopic (exact) mass is 618 g/mol. The normalized spacial score (nSPS) is 3.67. The van der Waals surface area contributed by atoms with Crippen molar-refractivity contribution in [2.24, 2.45) is 0 Å². The van der Waals surface area contributed by atoms with Crippen LogP contribution in [0.5, 0.6) is 0 Å². The molecule has 0 aliphatic carbocycles. The molecule has 0 aromatic heterocycles. The van der Waals surface area contributed by atoms with Crippen molar-refractivity contribution in [2.45, 2.75) is 49.2 Å². The van der Waals surface area contributed by atoms with Crippen LogP contribution in [0.1, 0.15) is 36.1 Å². The Balaban J connectivity index is -0.00000000597. The maximum Gasteiger partial charge on any atom is 0.126 e. The quantitative estimate of drug-likeness (QED) is 0.382. The number of carbonyl (C=O) groups is 1. The van der Waals surface area contributed by atoms with Crippen molar-refractivity contribution in [2.75, 3.05) is 0 Å². The molecule has 0 aliphatic rings. The fourth-order valence-electron chi connectivity index (χ4n) is 0. The van der Waals surface area contributed by atoms with Crippen LogP contribution in [0.4, 0.5) is 0 Å². The van der Waals surface area contributed by atoms with Gasteiger partial charge in [0, 0.05) is 29.9 Å². The van der Waals surface area contributed by atoms with Gasteiger partial charge in [0.25, 0.3) is 0 Å². The van der Waals surface area contributed by atoms with Gasteiger partial charge in [-0.2, -0.15) is 0 Å². The Morgan fingerprint density at radius 3 is 1.00 bits per heavy atom. The van der Waals surface area contributed by atoms with E-state index in [0.29, 0.717) is 0 Å². The van der Waals surface area contributed by atoms with Gasteiger partial charge in [0.05, 0.1) is 0 Å². The third-order valence-electron chi connectivity index (χ3n) is 0. The minimum atomic E-state index is 0. The smallest absolute Gasteiger partial charge is 0.126 e. The van der Waals surface area contributed by atoms with Crippen molar-refractivity contribution in [1.29, 1.82) is 0 Å². The second kappa shape index (κ2) is 76.4. The van der Waals surface area contributed by atoms with Crippen LogP contribution >= 0.6 is 0 Å². The van der Waals surface area contributed by atoms with Crippen LogP contribution in [0.2, 0.25) is 13.1 Å². The van der Waals surface area contributed by atoms with Gasteiger partial charge in [-0.1, -0.05) is 35.4 Å². The number of carbonyl (C=O) groups excluding carboxylic acids is 1. The van der Waals surface area contributed by atoms with E-state index in [2.05, 4.69) is 13.1 Å². The fraction of sp³-hybridized carbons (Fsp3) is 0.875. The van der Waals surface area contributed by atoms with Gasteiger partial charge in [-0.3, -0.25) is 0 Å². The average Bonchev–Trinajstić information content (AvgIpc) is 1.33. The van der Waals surface area contributed by atoms with E-state index in [1.54, 1.807) is 0 Å². The number of hydrogen-bond acceptors (Lipinski definition) is 1. The zero-order valence-electron chi connectivity index (χ0n) is 6.49. The van der Waals surface area contributed by atoms with Crippen LogP contribution in [-0.2, 0) is 25.2 Å². The number of hydrogen-bond donors (Lipinski definition) is 0. The molecule has 0 rings (SSSR count). The van der Waals surface area contributed by atoms with E-state index in [1.807, 2.05) is 0 Å². The van der Waals surface area contributed by atoms with Gasteiger partial charge in [0.2, 0.25) is 0 Å². The third kappa shape index (κ3) is 3430. The minimum Gasteiger partial charge on any atom is -0.300 e. The maximum absolute atomic E-state index is 9.44. The molecule has 0 aromatic rings. The van der Waals surface area contributed by atoms with Crippen LogP contribution in [0.3, 0.4) is 0 Å². The second-order valence-corrected chi connectivity index (χ2v) is 2.41. The summed E-state index contributed by atoms with van der Waals surface area (Å²) in [5.41, 5.74) is 0. The van der Waals surface area contributed by atoms with E-state index in [0.717, 1.165) is 9.52 Å². The first-order chi connectivity index (χ1) is 3.15. The Morgan fingerprint density at radius 2 is 1.00 bits per heavy atom. The molecule has 0 N–H and O–H groups in total. The molecule has 0 atom stereocenters. The molecule has 4 heteroatoms. The SMILES string of the molecule is C.C.C.CC(C)=O.C[Si]C.[Re].[Rf]. The largest absolute Gasteiger partial charge is 0.300 e. The molecule has 0 saturated carbocycles. The summed E-state index contributed by atoms with van der Waals surface area (Å²) in [6.45, 7) is 7.36. The van der Waals surface area contributed by atoms with Crippen LogP contribution < -0.4 is 0 Å². The molecule has 0 saturated heterocycles. The van der Waals surface area contributed by atoms with Gasteiger partial charge < -0.3 is 4.79 Å². The van der Waals surface area contributed by atoms with Crippen LogP contribution in [0.15, 0.2) is 0 Å². The van der Waals surface area contributed by atoms with Crippen molar-refractivity contribution in [1.82, 2.24) is 0 Å². The summed E-state index contributed by atoms with van der Waals surface area (Å²) < 4.78 is 0. The van der Waals surface area contributed by atoms with E-state index in [4.69, 9.17) is 0 Å². The van der Waals surface area contributed by atoms with E-state index in [9.17, 15) is 4.79 Å². The topological polar surface area (TPSA) is 17.1 Å². The molecule has 1 nitrogen and oxygen atoms in total. The van der Waals surface area contributed by atoms with Crippen molar-refractivity contribution < 1.29 is 25.2 Å². The zero-order chi connectivity index (χ0) is 6.28. The van der Waals surface area contributed by atoms with E-state index < -0.39 is 0 Å². The molecule has 3 radical (unpaired) electrons. The Labute approximate surface area is 89.8 Å². The maximum atomic E-state index is 9.44. The first kappa shape index (κ1) is 62.1. The Kier molecular flexibility index (Phi) is 395. The molecular weight excluding hydrogens is 593 g/mol. The molecule has 0 unspecified atom stereocenters. The summed E-state index contributed by atoms with van der Waals surface area (Å²) in [6.07, 6.45) is 0. The molecule has 0 aromatic carbocycles. The van der Waals surface area contributed by atoms with Crippen molar-refractivity contribution >= 4 is 15.3 Å². The summed E-state index contributed by atoms with van der Waals surface area (Å²) in [4.78, 5) is 9.44. The second-order valence-electron chi connectivity index (χ2n) is 1.41. The third-order valence-corrected chi connectivity index (χ3v) is 0. The number of Topliss-reactive ketones (excluding diaryl/α,β-unsaturated/α-hetero) is 1. The molecule has 0 spiro atoms. The summed E-state index contributed by atoms with van der Waals surface area (Å²) >= 11 is 0. The van der Waals surface area contributed by atoms with Crippen molar-refractivity contribution in [3.63, 3.8) is 0 Å². The van der Waals surface area contributed by atoms with Gasteiger partial charge in [-0.15, -0.1) is 0 Å². The van der Waals surface area contributed by atoms with Gasteiger partial charge in [-0.05, 0) is 13.8 Å². The molecular formula is C8H24OReRfSi. The van der Waals surface area contributed by atoms with E-state index in [-0.39, 0.29) is 48.5 Å². The Morgan fingerprint density at radius 1 is 1.00 bits per heavy atom. The molecule has 75 valence electrons. The summed E-state index contributed by atoms with van der Waals surface area (Å²) in [5.74, 6) is 0.167. The van der Waals surface area contributed by atoms with Crippen molar-refractivity contribution in [3.05, 3.63) is 0 Å². The number of rotatable bonds is 0. The average molecular weight is 618 g/mol. The van der Waals surface area contributed by atoms with Gasteiger partial charge in [-0.25, -0.2) is 0 Å². The molecule has 0 heterocycles. The molecule has 0 bridgehead atoms. The van der Waals surface area contributed by atoms with Gasteiger partial charge in [0.1, 0.15) is 5.78 Å². The first-order valence-electron chi connectivity index (χ1n) is 2.20.